The van der Waals surface area contributed by atoms with E-state index in [1.807, 2.05) is 114 Å². The first-order valence-electron chi connectivity index (χ1n) is 16.5. The predicted molar refractivity (Wildman–Crippen MR) is 195 cm³/mol. The summed E-state index contributed by atoms with van der Waals surface area (Å²) in [6.07, 6.45) is 7.15. The zero-order valence-corrected chi connectivity index (χ0v) is 30.1. The summed E-state index contributed by atoms with van der Waals surface area (Å²) in [5.74, 6) is -1.04. The molecule has 4 nitrogen and oxygen atoms in total. The second-order valence-electron chi connectivity index (χ2n) is 15.1. The molecule has 6 aromatic carbocycles. The van der Waals surface area contributed by atoms with Crippen molar-refractivity contribution in [2.75, 3.05) is 0 Å². The first-order chi connectivity index (χ1) is 22.9. The predicted octanol–water partition coefficient (Wildman–Crippen LogP) is 8.98. The van der Waals surface area contributed by atoms with Gasteiger partial charge in [-0.25, -0.2) is 0 Å². The summed E-state index contributed by atoms with van der Waals surface area (Å²) in [5, 5.41) is 7.39. The van der Waals surface area contributed by atoms with E-state index in [0.717, 1.165) is 46.0 Å². The van der Waals surface area contributed by atoms with Crippen molar-refractivity contribution in [3.05, 3.63) is 172 Å². The van der Waals surface area contributed by atoms with E-state index in [0.29, 0.717) is 24.0 Å². The average molecular weight is 681 g/mol. The molecule has 8 rings (SSSR count). The summed E-state index contributed by atoms with van der Waals surface area (Å²) in [6.45, 7) is 0. The van der Waals surface area contributed by atoms with Crippen LogP contribution in [-0.2, 0) is 25.3 Å². The maximum absolute atomic E-state index is 15.1. The Morgan fingerprint density at radius 1 is 0.625 bits per heavy atom. The van der Waals surface area contributed by atoms with E-state index in [-0.39, 0.29) is 0 Å². The van der Waals surface area contributed by atoms with Crippen molar-refractivity contribution in [1.29, 1.82) is 0 Å². The maximum atomic E-state index is 15.1. The van der Waals surface area contributed by atoms with Crippen LogP contribution in [0.1, 0.15) is 38.3 Å². The van der Waals surface area contributed by atoms with Crippen LogP contribution >= 0.6 is 0 Å². The summed E-state index contributed by atoms with van der Waals surface area (Å²) < 4.78 is 16.4. The molecule has 6 aromatic rings. The monoisotopic (exact) mass is 680 g/mol. The van der Waals surface area contributed by atoms with E-state index >= 15 is 9.59 Å². The molecule has 0 N–H and O–H groups in total. The normalized spacial score (nSPS) is 15.8. The molecule has 0 heterocycles. The fourth-order valence-electron chi connectivity index (χ4n) is 8.41. The van der Waals surface area contributed by atoms with Gasteiger partial charge in [-0.2, -0.15) is 0 Å². The van der Waals surface area contributed by atoms with Crippen LogP contribution in [0.4, 0.5) is 0 Å². The van der Waals surface area contributed by atoms with Crippen molar-refractivity contribution in [2.24, 2.45) is 0 Å². The Hall–Kier alpha value is -4.81. The molecule has 0 bridgehead atoms. The third kappa shape index (κ3) is 4.25. The first-order valence-corrected chi connectivity index (χ1v) is 26.4. The van der Waals surface area contributed by atoms with Gasteiger partial charge in [0, 0.05) is 0 Å². The van der Waals surface area contributed by atoms with Crippen LogP contribution in [0, 0.1) is 0 Å². The number of carbonyl (C=O) groups is 2. The Morgan fingerprint density at radius 2 is 1.15 bits per heavy atom. The molecule has 0 saturated heterocycles. The summed E-state index contributed by atoms with van der Waals surface area (Å²) in [7, 11) is 1.62. The number of hydrogen-bond acceptors (Lipinski definition) is 4. The second-order valence-corrected chi connectivity index (χ2v) is 42.1. The zero-order valence-electron chi connectivity index (χ0n) is 27.1. The van der Waals surface area contributed by atoms with Crippen molar-refractivity contribution in [2.45, 2.75) is 23.3 Å². The third-order valence-corrected chi connectivity index (χ3v) is 27.6. The Labute approximate surface area is 278 Å². The van der Waals surface area contributed by atoms with Gasteiger partial charge in [-0.05, 0) is 0 Å². The third-order valence-electron chi connectivity index (χ3n) is 11.0. The molecule has 0 aliphatic heterocycles. The molecule has 6 heteroatoms. The Bertz CT molecular complexity index is 2490. The van der Waals surface area contributed by atoms with Gasteiger partial charge in [0.2, 0.25) is 0 Å². The van der Waals surface area contributed by atoms with Crippen molar-refractivity contribution in [1.82, 2.24) is 0 Å². The molecule has 0 fully saturated rings. The minimum absolute atomic E-state index is 0.429. The van der Waals surface area contributed by atoms with Crippen LogP contribution in [0.15, 0.2) is 149 Å². The van der Waals surface area contributed by atoms with Crippen molar-refractivity contribution in [3.8, 4) is 11.1 Å². The van der Waals surface area contributed by atoms with E-state index in [2.05, 4.69) is 30.3 Å². The van der Waals surface area contributed by atoms with Crippen molar-refractivity contribution < 1.29 is 28.5 Å². The zero-order chi connectivity index (χ0) is 33.3. The molecule has 0 unspecified atom stereocenters. The fraction of sp³-hybridized carbons (Fsp3) is 0.0952. The minimum atomic E-state index is -6.86. The number of fused-ring (bicyclic) bond motifs is 5. The van der Waals surface area contributed by atoms with Crippen molar-refractivity contribution >= 4 is 45.0 Å². The Morgan fingerprint density at radius 3 is 1.75 bits per heavy atom. The van der Waals surface area contributed by atoms with E-state index in [4.69, 9.17) is 6.64 Å². The summed E-state index contributed by atoms with van der Waals surface area (Å²) in [5.41, 5.74) is 5.28. The molecule has 0 radical (unpaired) electrons. The number of hydrogen-bond donors (Lipinski definition) is 0. The molecular formula is C42H36O4SiTi. The van der Waals surface area contributed by atoms with Gasteiger partial charge in [0.05, 0.1) is 0 Å². The molecule has 0 atom stereocenters. The van der Waals surface area contributed by atoms with E-state index < -0.39 is 24.2 Å². The van der Waals surface area contributed by atoms with Gasteiger partial charge >= 0.3 is 280 Å². The average Bonchev–Trinajstić information content (AvgIpc) is 3.78. The molecule has 2 aliphatic carbocycles. The SMILES string of the molecule is [CH3][Ti]([CH3])(=[SiH2])([O]C(=O)c1cccc2ccccc12)([O]C(=O)c1cccc2ccccc12)([C]1=CC=CC1)[c]1cccc2c1Cc1ccccc1-2. The van der Waals surface area contributed by atoms with Gasteiger partial charge in [0.15, 0.2) is 0 Å². The van der Waals surface area contributed by atoms with Crippen LogP contribution < -0.4 is 3.87 Å². The molecule has 236 valence electrons. The van der Waals surface area contributed by atoms with Gasteiger partial charge in [0.1, 0.15) is 0 Å². The van der Waals surface area contributed by atoms with Gasteiger partial charge in [0.25, 0.3) is 0 Å². The molecule has 0 saturated carbocycles. The van der Waals surface area contributed by atoms with Gasteiger partial charge in [-0.1, -0.05) is 0 Å². The topological polar surface area (TPSA) is 52.6 Å². The van der Waals surface area contributed by atoms with Crippen LogP contribution in [-0.4, -0.2) is 19.6 Å². The molecule has 2 aliphatic rings. The standard InChI is InChI=1S/C13H9.2C11H8O2.C5H5.2CH3.H2Si.Ti/c1-3-7-12-10(5-1)9-11-6-2-4-8-13(11)12;2*12-11(13)10-7-3-5-8-4-1-2-6-9(8)10;1-2-4-5-3-1;;;;/h1-5,7-8H,9H2;2*1-7H,(H,12,13);1-3H,4H2;2*1H3;1H2;/q;;;;;;;+2/p-2. The Kier molecular flexibility index (Phi) is 6.13. The fourth-order valence-corrected chi connectivity index (χ4v) is 22.1. The van der Waals surface area contributed by atoms with Gasteiger partial charge in [-0.3, -0.25) is 0 Å². The molecular weight excluding hydrogens is 644 g/mol. The van der Waals surface area contributed by atoms with Crippen LogP contribution in [0.25, 0.3) is 32.7 Å². The van der Waals surface area contributed by atoms with Crippen LogP contribution in [0.5, 0.6) is 0 Å². The van der Waals surface area contributed by atoms with Crippen molar-refractivity contribution in [3.63, 3.8) is 0 Å². The summed E-state index contributed by atoms with van der Waals surface area (Å²) in [4.78, 5) is 30.1. The van der Waals surface area contributed by atoms with Gasteiger partial charge in [-0.15, -0.1) is 0 Å². The summed E-state index contributed by atoms with van der Waals surface area (Å²) >= 11 is -6.86. The number of allylic oxidation sites excluding steroid dienone is 4. The first kappa shape index (κ1) is 30.5. The molecule has 48 heavy (non-hydrogen) atoms. The van der Waals surface area contributed by atoms with E-state index in [1.165, 1.54) is 5.56 Å². The molecule has 0 amide bonds. The quantitative estimate of drug-likeness (QED) is 0.165. The number of carbonyl (C=O) groups excluding carboxylic acids is 2. The molecule has 0 spiro atoms. The number of benzene rings is 6. The van der Waals surface area contributed by atoms with E-state index in [9.17, 15) is 0 Å². The Balaban J connectivity index is 1.45. The van der Waals surface area contributed by atoms with Crippen LogP contribution in [0.2, 0.25) is 10.5 Å². The summed E-state index contributed by atoms with van der Waals surface area (Å²) in [6, 6.07) is 41.5. The van der Waals surface area contributed by atoms with Gasteiger partial charge < -0.3 is 0 Å². The molecule has 0 aromatic heterocycles. The van der Waals surface area contributed by atoms with Crippen LogP contribution in [0.3, 0.4) is 0 Å². The van der Waals surface area contributed by atoms with E-state index in [1.54, 1.807) is 19.8 Å². The number of rotatable bonds is 6. The second kappa shape index (κ2) is 9.64.